The Morgan fingerprint density at radius 1 is 0.812 bits per heavy atom. The second-order valence-electron chi connectivity index (χ2n) is 8.03. The van der Waals surface area contributed by atoms with Crippen molar-refractivity contribution in [3.05, 3.63) is 87.4 Å². The predicted molar refractivity (Wildman–Crippen MR) is 126 cm³/mol. The fraction of sp³-hybridized carbons (Fsp3) is 0.111. The van der Waals surface area contributed by atoms with Gasteiger partial charge >= 0.3 is 0 Å². The highest BCUT2D eigenvalue weighted by Crippen LogP contribution is 2.34. The van der Waals surface area contributed by atoms with E-state index in [-0.39, 0.29) is 17.3 Å². The quantitative estimate of drug-likeness (QED) is 0.363. The summed E-state index contributed by atoms with van der Waals surface area (Å²) in [7, 11) is 0. The molecular weight excluding hydrogens is 394 g/mol. The lowest BCUT2D eigenvalue weighted by Crippen LogP contribution is -2.15. The molecule has 0 aliphatic carbocycles. The molecule has 0 spiro atoms. The average molecular weight is 409 g/mol. The Balaban J connectivity index is 2.32. The fourth-order valence-corrected chi connectivity index (χ4v) is 4.58. The highest BCUT2D eigenvalue weighted by atomic mass is 14.9. The first-order chi connectivity index (χ1) is 15.5. The van der Waals surface area contributed by atoms with Crippen molar-refractivity contribution in [1.29, 1.82) is 10.5 Å². The predicted octanol–water partition coefficient (Wildman–Crippen LogP) is 5.06. The van der Waals surface area contributed by atoms with E-state index in [1.807, 2.05) is 48.5 Å². The summed E-state index contributed by atoms with van der Waals surface area (Å²) in [5.74, 6) is 0.183. The van der Waals surface area contributed by atoms with E-state index in [9.17, 15) is 10.5 Å². The van der Waals surface area contributed by atoms with E-state index in [0.717, 1.165) is 43.7 Å². The summed E-state index contributed by atoms with van der Waals surface area (Å²) < 4.78 is 2.13. The zero-order chi connectivity index (χ0) is 22.6. The van der Waals surface area contributed by atoms with Gasteiger partial charge < -0.3 is 4.40 Å². The third kappa shape index (κ3) is 2.40. The van der Waals surface area contributed by atoms with Crippen LogP contribution in [0.1, 0.15) is 25.3 Å². The number of hydrogen-bond acceptors (Lipinski definition) is 2. The topological polar surface area (TPSA) is 60.7 Å². The lowest BCUT2D eigenvalue weighted by atomic mass is 9.95. The molecule has 3 aromatic heterocycles. The van der Waals surface area contributed by atoms with E-state index < -0.39 is 0 Å². The van der Waals surface area contributed by atoms with Crippen molar-refractivity contribution in [2.45, 2.75) is 19.8 Å². The molecule has 0 fully saturated rings. The molecular formula is C27H15N5. The Labute approximate surface area is 183 Å². The van der Waals surface area contributed by atoms with Crippen LogP contribution in [-0.2, 0) is 0 Å². The van der Waals surface area contributed by atoms with Crippen molar-refractivity contribution >= 4 is 49.5 Å². The van der Waals surface area contributed by atoms with E-state index in [1.54, 1.807) is 0 Å². The molecule has 0 aliphatic heterocycles. The largest absolute Gasteiger partial charge is 0.308 e. The highest BCUT2D eigenvalue weighted by Gasteiger charge is 2.19. The summed E-state index contributed by atoms with van der Waals surface area (Å²) >= 11 is 0. The first-order valence-electron chi connectivity index (χ1n) is 10.1. The molecule has 0 atom stereocenters. The molecule has 32 heavy (non-hydrogen) atoms. The summed E-state index contributed by atoms with van der Waals surface area (Å²) in [5, 5.41) is 24.1. The van der Waals surface area contributed by atoms with Gasteiger partial charge in [0.15, 0.2) is 0 Å². The maximum atomic E-state index is 9.70. The molecule has 0 N–H and O–H groups in total. The van der Waals surface area contributed by atoms with Crippen LogP contribution in [0, 0.1) is 35.8 Å². The number of pyridine rings is 2. The third-order valence-electron chi connectivity index (χ3n) is 6.07. The molecule has 2 aromatic carbocycles. The average Bonchev–Trinajstić information content (AvgIpc) is 3.13. The molecule has 3 heterocycles. The van der Waals surface area contributed by atoms with Gasteiger partial charge in [-0.2, -0.15) is 0 Å². The molecule has 0 aliphatic rings. The van der Waals surface area contributed by atoms with Gasteiger partial charge in [0.05, 0.1) is 41.8 Å². The van der Waals surface area contributed by atoms with Crippen LogP contribution in [0.25, 0.3) is 59.2 Å². The number of nitriles is 2. The Hall–Kier alpha value is -4.84. The Bertz CT molecular complexity index is 1730. The Morgan fingerprint density at radius 2 is 1.28 bits per heavy atom. The summed E-state index contributed by atoms with van der Waals surface area (Å²) in [5.41, 5.74) is 3.67. The van der Waals surface area contributed by atoms with Gasteiger partial charge in [-0.25, -0.2) is 20.2 Å². The van der Waals surface area contributed by atoms with E-state index in [1.165, 1.54) is 0 Å². The van der Waals surface area contributed by atoms with E-state index in [2.05, 4.69) is 40.1 Å². The van der Waals surface area contributed by atoms with Crippen molar-refractivity contribution in [1.82, 2.24) is 4.40 Å². The molecule has 0 bridgehead atoms. The molecule has 5 heteroatoms. The van der Waals surface area contributed by atoms with Gasteiger partial charge in [0.1, 0.15) is 0 Å². The number of nitrogens with zero attached hydrogens (tertiary/aromatic N) is 5. The number of rotatable bonds is 1. The third-order valence-corrected chi connectivity index (χ3v) is 6.07. The molecule has 0 saturated carbocycles. The number of hydrogen-bond donors (Lipinski definition) is 0. The maximum Gasteiger partial charge on any atom is 0.269 e. The van der Waals surface area contributed by atoms with Gasteiger partial charge in [0, 0.05) is 21.2 Å². The van der Waals surface area contributed by atoms with Crippen molar-refractivity contribution in [2.24, 2.45) is 0 Å². The van der Waals surface area contributed by atoms with Gasteiger partial charge in [-0.1, -0.05) is 50.2 Å². The smallest absolute Gasteiger partial charge is 0.269 e. The minimum Gasteiger partial charge on any atom is -0.308 e. The van der Waals surface area contributed by atoms with Gasteiger partial charge in [0.25, 0.3) is 11.4 Å². The van der Waals surface area contributed by atoms with Crippen LogP contribution in [-0.4, -0.2) is 4.40 Å². The van der Waals surface area contributed by atoms with Gasteiger partial charge in [0.2, 0.25) is 0 Å². The normalized spacial score (nSPS) is 13.2. The molecule has 0 unspecified atom stereocenters. The monoisotopic (exact) mass is 409 g/mol. The molecule has 0 radical (unpaired) electrons. The Morgan fingerprint density at radius 3 is 1.66 bits per heavy atom. The summed E-state index contributed by atoms with van der Waals surface area (Å²) in [4.78, 5) is 7.01. The molecule has 5 rings (SSSR count). The summed E-state index contributed by atoms with van der Waals surface area (Å²) in [6.07, 6.45) is 0. The SMILES string of the molecule is [C-]#[N+]/C(C#N)=c1\cc2c3ccccc3c3c/c(=C(/C#N)[N+]#[C-])c4cc(C(C)C)cc1c4n23. The lowest BCUT2D eigenvalue weighted by molar-refractivity contribution is 0.869. The first kappa shape index (κ1) is 19.1. The maximum absolute atomic E-state index is 9.70. The summed E-state index contributed by atoms with van der Waals surface area (Å²) in [6.45, 7) is 19.3. The Kier molecular flexibility index (Phi) is 4.10. The van der Waals surface area contributed by atoms with Crippen LogP contribution in [0.4, 0.5) is 0 Å². The second-order valence-corrected chi connectivity index (χ2v) is 8.03. The number of aromatic nitrogens is 1. The van der Waals surface area contributed by atoms with Gasteiger partial charge in [-0.15, -0.1) is 0 Å². The molecule has 148 valence electrons. The molecule has 5 aromatic rings. The van der Waals surface area contributed by atoms with Crippen molar-refractivity contribution in [3.63, 3.8) is 0 Å². The van der Waals surface area contributed by atoms with Crippen LogP contribution < -0.4 is 10.4 Å². The molecule has 0 amide bonds. The van der Waals surface area contributed by atoms with Crippen LogP contribution in [0.5, 0.6) is 0 Å². The van der Waals surface area contributed by atoms with Crippen LogP contribution in [0.3, 0.4) is 0 Å². The van der Waals surface area contributed by atoms with E-state index in [4.69, 9.17) is 13.1 Å². The lowest BCUT2D eigenvalue weighted by Gasteiger charge is -2.15. The highest BCUT2D eigenvalue weighted by molar-refractivity contribution is 6.14. The minimum absolute atomic E-state index is 0.0250. The van der Waals surface area contributed by atoms with Gasteiger partial charge in [-0.05, 0) is 34.4 Å². The van der Waals surface area contributed by atoms with E-state index >= 15 is 0 Å². The number of benzene rings is 2. The van der Waals surface area contributed by atoms with Crippen molar-refractivity contribution in [3.8, 4) is 12.1 Å². The molecule has 5 nitrogen and oxygen atoms in total. The minimum atomic E-state index is 0.0250. The fourth-order valence-electron chi connectivity index (χ4n) is 4.58. The zero-order valence-corrected chi connectivity index (χ0v) is 17.4. The van der Waals surface area contributed by atoms with Gasteiger partial charge in [-0.3, -0.25) is 0 Å². The van der Waals surface area contributed by atoms with Crippen LogP contribution in [0.2, 0.25) is 0 Å². The van der Waals surface area contributed by atoms with Crippen molar-refractivity contribution < 1.29 is 0 Å². The summed E-state index contributed by atoms with van der Waals surface area (Å²) in [6, 6.07) is 19.9. The van der Waals surface area contributed by atoms with Crippen LogP contribution in [0.15, 0.2) is 48.5 Å². The zero-order valence-electron chi connectivity index (χ0n) is 17.4. The number of fused-ring (bicyclic) bond motifs is 3. The van der Waals surface area contributed by atoms with Crippen LogP contribution >= 0.6 is 0 Å². The van der Waals surface area contributed by atoms with Crippen molar-refractivity contribution in [2.75, 3.05) is 0 Å². The standard InChI is InChI=1S/C27H15N5/c1-15(2)16-9-21-19(23(13-28)30-3)11-25-17-7-5-6-8-18(17)26-12-20(24(14-29)31-4)22(10-16)27(21)32(25)26/h5-12,15H,1-2H3/b23-19+,24-20+. The second kappa shape index (κ2) is 6.85. The first-order valence-corrected chi connectivity index (χ1v) is 10.1. The molecule has 0 saturated heterocycles. The van der Waals surface area contributed by atoms with E-state index in [0.29, 0.717) is 10.4 Å².